The molecule has 1 aromatic heterocycles. The molecule has 0 unspecified atom stereocenters. The lowest BCUT2D eigenvalue weighted by molar-refractivity contribution is 0.0772. The Balaban J connectivity index is 1.63. The topological polar surface area (TPSA) is 70.5 Å². The zero-order valence-corrected chi connectivity index (χ0v) is 11.8. The minimum atomic E-state index is -3.39. The van der Waals surface area contributed by atoms with Crippen LogP contribution in [0.25, 0.3) is 0 Å². The van der Waals surface area contributed by atoms with E-state index >= 15 is 0 Å². The molecule has 2 saturated heterocycles. The molecule has 19 heavy (non-hydrogen) atoms. The maximum atomic E-state index is 12.3. The summed E-state index contributed by atoms with van der Waals surface area (Å²) in [6.45, 7) is 5.15. The monoisotopic (exact) mass is 285 g/mol. The van der Waals surface area contributed by atoms with Crippen LogP contribution in [0.4, 0.5) is 0 Å². The number of aromatic nitrogens is 2. The Kier molecular flexibility index (Phi) is 3.34. The summed E-state index contributed by atoms with van der Waals surface area (Å²) in [5.74, 6) is 0. The molecular formula is C11H19N5O2S. The number of hydrogen-bond acceptors (Lipinski definition) is 5. The molecule has 2 aliphatic heterocycles. The van der Waals surface area contributed by atoms with Crippen LogP contribution in [0.15, 0.2) is 17.6 Å². The number of aryl methyl sites for hydroxylation is 1. The largest absolute Gasteiger partial charge is 0.339 e. The van der Waals surface area contributed by atoms with Gasteiger partial charge in [-0.3, -0.25) is 4.90 Å². The van der Waals surface area contributed by atoms with Crippen molar-refractivity contribution in [3.8, 4) is 0 Å². The molecule has 0 radical (unpaired) electrons. The molecule has 0 aliphatic carbocycles. The Labute approximate surface area is 113 Å². The number of imidazole rings is 1. The van der Waals surface area contributed by atoms with Gasteiger partial charge in [0.2, 0.25) is 0 Å². The van der Waals surface area contributed by atoms with Crippen LogP contribution >= 0.6 is 0 Å². The van der Waals surface area contributed by atoms with E-state index < -0.39 is 10.0 Å². The van der Waals surface area contributed by atoms with Gasteiger partial charge in [-0.05, 0) is 0 Å². The maximum absolute atomic E-state index is 12.3. The van der Waals surface area contributed by atoms with E-state index in [2.05, 4.69) is 15.2 Å². The number of rotatable bonds is 3. The Morgan fingerprint density at radius 1 is 1.32 bits per heavy atom. The van der Waals surface area contributed by atoms with Gasteiger partial charge < -0.3 is 9.88 Å². The minimum absolute atomic E-state index is 0.147. The van der Waals surface area contributed by atoms with Crippen molar-refractivity contribution in [2.45, 2.75) is 11.1 Å². The van der Waals surface area contributed by atoms with E-state index in [1.165, 1.54) is 10.6 Å². The van der Waals surface area contributed by atoms with Crippen LogP contribution in [0.3, 0.4) is 0 Å². The Morgan fingerprint density at radius 3 is 2.58 bits per heavy atom. The fourth-order valence-electron chi connectivity index (χ4n) is 2.55. The zero-order valence-electron chi connectivity index (χ0n) is 11.0. The first-order chi connectivity index (χ1) is 9.07. The highest BCUT2D eigenvalue weighted by Gasteiger charge is 2.40. The first kappa shape index (κ1) is 13.0. The van der Waals surface area contributed by atoms with E-state index in [9.17, 15) is 8.42 Å². The number of nitrogens with one attached hydrogen (secondary N) is 1. The van der Waals surface area contributed by atoms with Crippen molar-refractivity contribution in [1.82, 2.24) is 24.1 Å². The van der Waals surface area contributed by atoms with Crippen molar-refractivity contribution in [2.75, 3.05) is 39.3 Å². The first-order valence-corrected chi connectivity index (χ1v) is 7.94. The third kappa shape index (κ3) is 2.40. The summed E-state index contributed by atoms with van der Waals surface area (Å²) < 4.78 is 27.7. The molecule has 0 atom stereocenters. The molecule has 0 aromatic carbocycles. The molecular weight excluding hydrogens is 266 g/mol. The molecule has 3 rings (SSSR count). The third-order valence-corrected chi connectivity index (χ3v) is 5.50. The van der Waals surface area contributed by atoms with Gasteiger partial charge >= 0.3 is 0 Å². The standard InChI is InChI=1S/C11H19N5O2S/c1-14-8-11(13-9-14)19(17,18)16-6-10(7-16)15-4-2-12-3-5-15/h8-10,12H,2-7H2,1H3. The maximum Gasteiger partial charge on any atom is 0.262 e. The summed E-state index contributed by atoms with van der Waals surface area (Å²) in [5, 5.41) is 3.45. The van der Waals surface area contributed by atoms with Crippen molar-refractivity contribution >= 4 is 10.0 Å². The predicted molar refractivity (Wildman–Crippen MR) is 70.2 cm³/mol. The third-order valence-electron chi connectivity index (χ3n) is 3.78. The molecule has 1 aromatic rings. The zero-order chi connectivity index (χ0) is 13.5. The lowest BCUT2D eigenvalue weighted by Gasteiger charge is -2.45. The summed E-state index contributed by atoms with van der Waals surface area (Å²) in [6.07, 6.45) is 3.06. The molecule has 7 nitrogen and oxygen atoms in total. The van der Waals surface area contributed by atoms with E-state index in [1.807, 2.05) is 0 Å². The molecule has 8 heteroatoms. The van der Waals surface area contributed by atoms with Gasteiger partial charge in [0.15, 0.2) is 5.03 Å². The molecule has 2 fully saturated rings. The molecule has 0 saturated carbocycles. The summed E-state index contributed by atoms with van der Waals surface area (Å²) >= 11 is 0. The summed E-state index contributed by atoms with van der Waals surface area (Å²) in [4.78, 5) is 6.30. The van der Waals surface area contributed by atoms with E-state index in [4.69, 9.17) is 0 Å². The second-order valence-electron chi connectivity index (χ2n) is 5.14. The van der Waals surface area contributed by atoms with E-state index in [-0.39, 0.29) is 5.03 Å². The van der Waals surface area contributed by atoms with Crippen LogP contribution in [-0.4, -0.2) is 72.5 Å². The van der Waals surface area contributed by atoms with Gasteiger partial charge in [0.05, 0.1) is 6.33 Å². The highest BCUT2D eigenvalue weighted by Crippen LogP contribution is 2.23. The Bertz CT molecular complexity index is 543. The van der Waals surface area contributed by atoms with Crippen molar-refractivity contribution in [1.29, 1.82) is 0 Å². The highest BCUT2D eigenvalue weighted by molar-refractivity contribution is 7.89. The van der Waals surface area contributed by atoms with Crippen LogP contribution in [0.1, 0.15) is 0 Å². The fourth-order valence-corrected chi connectivity index (χ4v) is 4.03. The molecule has 3 heterocycles. The van der Waals surface area contributed by atoms with Gasteiger partial charge in [-0.15, -0.1) is 0 Å². The fraction of sp³-hybridized carbons (Fsp3) is 0.727. The SMILES string of the molecule is Cn1cnc(S(=O)(=O)N2CC(N3CCNCC3)C2)c1. The smallest absolute Gasteiger partial charge is 0.262 e. The van der Waals surface area contributed by atoms with Crippen LogP contribution in [0.5, 0.6) is 0 Å². The van der Waals surface area contributed by atoms with Crippen molar-refractivity contribution < 1.29 is 8.42 Å². The first-order valence-electron chi connectivity index (χ1n) is 6.50. The van der Waals surface area contributed by atoms with Crippen LogP contribution < -0.4 is 5.32 Å². The van der Waals surface area contributed by atoms with Crippen molar-refractivity contribution in [2.24, 2.45) is 7.05 Å². The Morgan fingerprint density at radius 2 is 2.00 bits per heavy atom. The highest BCUT2D eigenvalue weighted by atomic mass is 32.2. The molecule has 0 spiro atoms. The van der Waals surface area contributed by atoms with Gasteiger partial charge in [-0.2, -0.15) is 4.31 Å². The predicted octanol–water partition coefficient (Wildman–Crippen LogP) is -1.30. The quantitative estimate of drug-likeness (QED) is 0.747. The van der Waals surface area contributed by atoms with E-state index in [0.717, 1.165) is 26.2 Å². The van der Waals surface area contributed by atoms with Gasteiger partial charge in [0.1, 0.15) is 0 Å². The number of piperazine rings is 1. The van der Waals surface area contributed by atoms with Crippen LogP contribution in [0, 0.1) is 0 Å². The molecule has 0 amide bonds. The van der Waals surface area contributed by atoms with Crippen LogP contribution in [0.2, 0.25) is 0 Å². The molecule has 0 bridgehead atoms. The number of nitrogens with zero attached hydrogens (tertiary/aromatic N) is 4. The summed E-state index contributed by atoms with van der Waals surface area (Å²) in [6, 6.07) is 0.362. The van der Waals surface area contributed by atoms with Gasteiger partial charge in [0, 0.05) is 58.6 Å². The molecule has 106 valence electrons. The van der Waals surface area contributed by atoms with E-state index in [0.29, 0.717) is 19.1 Å². The normalized spacial score (nSPS) is 23.4. The van der Waals surface area contributed by atoms with Crippen molar-refractivity contribution in [3.63, 3.8) is 0 Å². The molecule has 2 aliphatic rings. The Hall–Kier alpha value is -0.960. The average Bonchev–Trinajstić information content (AvgIpc) is 2.76. The minimum Gasteiger partial charge on any atom is -0.339 e. The van der Waals surface area contributed by atoms with Gasteiger partial charge in [-0.25, -0.2) is 13.4 Å². The average molecular weight is 285 g/mol. The summed E-state index contributed by atoms with van der Waals surface area (Å²) in [7, 11) is -1.62. The van der Waals surface area contributed by atoms with Gasteiger partial charge in [-0.1, -0.05) is 0 Å². The lowest BCUT2D eigenvalue weighted by Crippen LogP contribution is -2.63. The second-order valence-corrected chi connectivity index (χ2v) is 7.02. The van der Waals surface area contributed by atoms with E-state index in [1.54, 1.807) is 17.8 Å². The lowest BCUT2D eigenvalue weighted by atomic mass is 10.1. The number of hydrogen-bond donors (Lipinski definition) is 1. The summed E-state index contributed by atoms with van der Waals surface area (Å²) in [5.41, 5.74) is 0. The van der Waals surface area contributed by atoms with Crippen molar-refractivity contribution in [3.05, 3.63) is 12.5 Å². The second kappa shape index (κ2) is 4.86. The molecule has 1 N–H and O–H groups in total. The number of sulfonamides is 1. The van der Waals surface area contributed by atoms with Gasteiger partial charge in [0.25, 0.3) is 10.0 Å². The van der Waals surface area contributed by atoms with Crippen LogP contribution in [-0.2, 0) is 17.1 Å².